The molecule has 1 fully saturated rings. The molecule has 1 heterocycles. The fraction of sp³-hybridized carbons (Fsp3) is 0.588. The number of hydrogen-bond acceptors (Lipinski definition) is 4. The average Bonchev–Trinajstić information content (AvgIpc) is 2.54. The molecule has 1 amide bonds. The molecule has 1 aromatic rings. The van der Waals surface area contributed by atoms with Crippen molar-refractivity contribution in [2.24, 2.45) is 0 Å². The van der Waals surface area contributed by atoms with Gasteiger partial charge in [-0.05, 0) is 31.9 Å². The molecule has 0 radical (unpaired) electrons. The molecule has 0 aliphatic carbocycles. The van der Waals surface area contributed by atoms with Crippen LogP contribution in [-0.4, -0.2) is 62.8 Å². The number of rotatable bonds is 6. The molecule has 1 saturated heterocycles. The highest BCUT2D eigenvalue weighted by molar-refractivity contribution is 7.89. The predicted octanol–water partition coefficient (Wildman–Crippen LogP) is 1.14. The Morgan fingerprint density at radius 3 is 2.50 bits per heavy atom. The quantitative estimate of drug-likeness (QED) is 0.832. The largest absolute Gasteiger partial charge is 0.339 e. The van der Waals surface area contributed by atoms with Crippen LogP contribution in [0.3, 0.4) is 0 Å². The minimum Gasteiger partial charge on any atom is -0.339 e. The standard InChI is InChI=1S/C17H27N3O3S/c1-4-9-20(13-17(21)19-10-7-18-8-11-19)24(22,23)16-6-5-14(2)12-15(16)3/h5-6,12,18H,4,7-11,13H2,1-3H3. The van der Waals surface area contributed by atoms with Crippen molar-refractivity contribution in [1.29, 1.82) is 0 Å². The summed E-state index contributed by atoms with van der Waals surface area (Å²) in [5.41, 5.74) is 1.73. The first-order valence-electron chi connectivity index (χ1n) is 8.42. The van der Waals surface area contributed by atoms with Gasteiger partial charge in [0.1, 0.15) is 0 Å². The molecule has 7 heteroatoms. The first kappa shape index (κ1) is 18.9. The van der Waals surface area contributed by atoms with Gasteiger partial charge in [0.15, 0.2) is 0 Å². The van der Waals surface area contributed by atoms with Crippen LogP contribution in [0, 0.1) is 13.8 Å². The van der Waals surface area contributed by atoms with E-state index < -0.39 is 10.0 Å². The maximum atomic E-state index is 13.0. The van der Waals surface area contributed by atoms with E-state index >= 15 is 0 Å². The van der Waals surface area contributed by atoms with Gasteiger partial charge in [-0.15, -0.1) is 0 Å². The van der Waals surface area contributed by atoms with Crippen molar-refractivity contribution < 1.29 is 13.2 Å². The summed E-state index contributed by atoms with van der Waals surface area (Å²) in [6.45, 7) is 8.65. The van der Waals surface area contributed by atoms with Crippen molar-refractivity contribution >= 4 is 15.9 Å². The van der Waals surface area contributed by atoms with Crippen LogP contribution in [0.5, 0.6) is 0 Å². The topological polar surface area (TPSA) is 69.7 Å². The molecular formula is C17H27N3O3S. The van der Waals surface area contributed by atoms with Gasteiger partial charge in [-0.3, -0.25) is 4.79 Å². The van der Waals surface area contributed by atoms with Crippen LogP contribution in [0.1, 0.15) is 24.5 Å². The summed E-state index contributed by atoms with van der Waals surface area (Å²) in [6, 6.07) is 5.29. The number of sulfonamides is 1. The number of nitrogens with one attached hydrogen (secondary N) is 1. The third-order valence-corrected chi connectivity index (χ3v) is 6.21. The van der Waals surface area contributed by atoms with Gasteiger partial charge < -0.3 is 10.2 Å². The summed E-state index contributed by atoms with van der Waals surface area (Å²) in [6.07, 6.45) is 0.666. The molecule has 0 bridgehead atoms. The van der Waals surface area contributed by atoms with E-state index in [4.69, 9.17) is 0 Å². The number of piperazine rings is 1. The third-order valence-electron chi connectivity index (χ3n) is 4.20. The zero-order chi connectivity index (χ0) is 17.7. The summed E-state index contributed by atoms with van der Waals surface area (Å²) in [5.74, 6) is -0.127. The van der Waals surface area contributed by atoms with Gasteiger partial charge in [-0.2, -0.15) is 4.31 Å². The number of carbonyl (C=O) groups is 1. The van der Waals surface area contributed by atoms with Crippen LogP contribution in [0.25, 0.3) is 0 Å². The molecule has 0 atom stereocenters. The molecule has 0 spiro atoms. The number of hydrogen-bond donors (Lipinski definition) is 1. The second-order valence-corrected chi connectivity index (χ2v) is 8.14. The zero-order valence-electron chi connectivity index (χ0n) is 14.7. The summed E-state index contributed by atoms with van der Waals surface area (Å²) >= 11 is 0. The molecule has 1 aliphatic heterocycles. The number of benzene rings is 1. The third kappa shape index (κ3) is 4.34. The lowest BCUT2D eigenvalue weighted by Gasteiger charge is -2.30. The van der Waals surface area contributed by atoms with E-state index in [9.17, 15) is 13.2 Å². The van der Waals surface area contributed by atoms with Crippen molar-refractivity contribution in [3.05, 3.63) is 29.3 Å². The van der Waals surface area contributed by atoms with Crippen molar-refractivity contribution in [2.45, 2.75) is 32.1 Å². The Bertz CT molecular complexity index is 682. The van der Waals surface area contributed by atoms with Crippen LogP contribution in [0.15, 0.2) is 23.1 Å². The lowest BCUT2D eigenvalue weighted by Crippen LogP contribution is -2.50. The fourth-order valence-electron chi connectivity index (χ4n) is 2.93. The maximum Gasteiger partial charge on any atom is 0.243 e. The average molecular weight is 353 g/mol. The van der Waals surface area contributed by atoms with Crippen LogP contribution < -0.4 is 5.32 Å². The molecule has 134 valence electrons. The summed E-state index contributed by atoms with van der Waals surface area (Å²) in [4.78, 5) is 14.5. The summed E-state index contributed by atoms with van der Waals surface area (Å²) in [5, 5.41) is 3.19. The number of nitrogens with zero attached hydrogens (tertiary/aromatic N) is 2. The van der Waals surface area contributed by atoms with Crippen LogP contribution in [0.2, 0.25) is 0 Å². The Labute approximate surface area is 144 Å². The van der Waals surface area contributed by atoms with Gasteiger partial charge in [0, 0.05) is 32.7 Å². The molecule has 24 heavy (non-hydrogen) atoms. The Morgan fingerprint density at radius 2 is 1.92 bits per heavy atom. The summed E-state index contributed by atoms with van der Waals surface area (Å²) < 4.78 is 27.3. The van der Waals surface area contributed by atoms with E-state index in [1.807, 2.05) is 19.9 Å². The van der Waals surface area contributed by atoms with Crippen molar-refractivity contribution in [2.75, 3.05) is 39.3 Å². The fourth-order valence-corrected chi connectivity index (χ4v) is 4.61. The van der Waals surface area contributed by atoms with Crippen molar-refractivity contribution in [3.63, 3.8) is 0 Å². The monoisotopic (exact) mass is 353 g/mol. The highest BCUT2D eigenvalue weighted by Crippen LogP contribution is 2.21. The Hall–Kier alpha value is -1.44. The smallest absolute Gasteiger partial charge is 0.243 e. The lowest BCUT2D eigenvalue weighted by atomic mass is 10.2. The zero-order valence-corrected chi connectivity index (χ0v) is 15.5. The lowest BCUT2D eigenvalue weighted by molar-refractivity contribution is -0.131. The van der Waals surface area contributed by atoms with Crippen LogP contribution >= 0.6 is 0 Å². The van der Waals surface area contributed by atoms with Gasteiger partial charge >= 0.3 is 0 Å². The van der Waals surface area contributed by atoms with E-state index in [1.54, 1.807) is 24.0 Å². The molecule has 0 unspecified atom stereocenters. The van der Waals surface area contributed by atoms with Crippen LogP contribution in [0.4, 0.5) is 0 Å². The molecule has 6 nitrogen and oxygen atoms in total. The van der Waals surface area contributed by atoms with E-state index in [-0.39, 0.29) is 17.3 Å². The summed E-state index contributed by atoms with van der Waals surface area (Å²) in [7, 11) is -3.67. The van der Waals surface area contributed by atoms with Gasteiger partial charge in [0.25, 0.3) is 0 Å². The molecule has 1 aromatic carbocycles. The maximum absolute atomic E-state index is 13.0. The SMILES string of the molecule is CCCN(CC(=O)N1CCNCC1)S(=O)(=O)c1ccc(C)cc1C. The van der Waals surface area contributed by atoms with E-state index in [0.29, 0.717) is 31.6 Å². The normalized spacial score (nSPS) is 15.8. The Kier molecular flexibility index (Phi) is 6.37. The molecule has 0 aromatic heterocycles. The van der Waals surface area contributed by atoms with E-state index in [0.717, 1.165) is 18.7 Å². The molecule has 0 saturated carbocycles. The highest BCUT2D eigenvalue weighted by Gasteiger charge is 2.29. The molecule has 1 N–H and O–H groups in total. The number of carbonyl (C=O) groups excluding carboxylic acids is 1. The first-order chi connectivity index (χ1) is 11.4. The minimum atomic E-state index is -3.67. The van der Waals surface area contributed by atoms with E-state index in [1.165, 1.54) is 4.31 Å². The van der Waals surface area contributed by atoms with Gasteiger partial charge in [-0.25, -0.2) is 8.42 Å². The van der Waals surface area contributed by atoms with E-state index in [2.05, 4.69) is 5.32 Å². The second kappa shape index (κ2) is 8.09. The molecule has 2 rings (SSSR count). The van der Waals surface area contributed by atoms with Gasteiger partial charge in [-0.1, -0.05) is 24.6 Å². The second-order valence-electron chi connectivity index (χ2n) is 6.24. The Morgan fingerprint density at radius 1 is 1.25 bits per heavy atom. The minimum absolute atomic E-state index is 0.0938. The molecular weight excluding hydrogens is 326 g/mol. The number of amides is 1. The Balaban J connectivity index is 2.23. The molecule has 1 aliphatic rings. The highest BCUT2D eigenvalue weighted by atomic mass is 32.2. The predicted molar refractivity (Wildman–Crippen MR) is 94.4 cm³/mol. The van der Waals surface area contributed by atoms with Crippen molar-refractivity contribution in [3.8, 4) is 0 Å². The number of aryl methyl sites for hydroxylation is 2. The van der Waals surface area contributed by atoms with Gasteiger partial charge in [0.05, 0.1) is 11.4 Å². The van der Waals surface area contributed by atoms with Crippen LogP contribution in [-0.2, 0) is 14.8 Å². The first-order valence-corrected chi connectivity index (χ1v) is 9.86. The van der Waals surface area contributed by atoms with Gasteiger partial charge in [0.2, 0.25) is 15.9 Å². The van der Waals surface area contributed by atoms with Crippen molar-refractivity contribution in [1.82, 2.24) is 14.5 Å².